The Morgan fingerprint density at radius 3 is 1.87 bits per heavy atom. The molecule has 0 atom stereocenters. The minimum absolute atomic E-state index is 0. The van der Waals surface area contributed by atoms with Crippen LogP contribution >= 0.6 is 24.0 Å². The van der Waals surface area contributed by atoms with E-state index in [0.29, 0.717) is 0 Å². The molecule has 0 aromatic heterocycles. The van der Waals surface area contributed by atoms with Crippen LogP contribution in [0.2, 0.25) is 5.02 Å². The molecule has 2 aromatic carbocycles. The van der Waals surface area contributed by atoms with Crippen molar-refractivity contribution >= 4 is 35.4 Å². The minimum atomic E-state index is 0. The monoisotopic (exact) mass is 239 g/mol. The Balaban J connectivity index is 0.00000112. The van der Waals surface area contributed by atoms with E-state index >= 15 is 0 Å². The normalized spacial score (nSPS) is 9.13. The SMILES string of the molecule is Cl.Clc1ccc(Nc2ccccc2)cc1. The molecule has 1 nitrogen and oxygen atoms in total. The second kappa shape index (κ2) is 5.64. The molecular formula is C12H11Cl2N. The van der Waals surface area contributed by atoms with Crippen molar-refractivity contribution in [1.29, 1.82) is 0 Å². The van der Waals surface area contributed by atoms with E-state index in [4.69, 9.17) is 11.6 Å². The highest BCUT2D eigenvalue weighted by atomic mass is 35.5. The topological polar surface area (TPSA) is 12.0 Å². The summed E-state index contributed by atoms with van der Waals surface area (Å²) in [7, 11) is 0. The summed E-state index contributed by atoms with van der Waals surface area (Å²) >= 11 is 5.79. The summed E-state index contributed by atoms with van der Waals surface area (Å²) in [6.07, 6.45) is 0. The summed E-state index contributed by atoms with van der Waals surface area (Å²) in [5, 5.41) is 4.03. The number of halogens is 2. The average molecular weight is 240 g/mol. The highest BCUT2D eigenvalue weighted by Gasteiger charge is 1.92. The van der Waals surface area contributed by atoms with Crippen molar-refractivity contribution in [3.05, 3.63) is 59.6 Å². The van der Waals surface area contributed by atoms with Gasteiger partial charge >= 0.3 is 0 Å². The molecule has 2 aromatic rings. The van der Waals surface area contributed by atoms with E-state index in [9.17, 15) is 0 Å². The molecule has 0 bridgehead atoms. The van der Waals surface area contributed by atoms with E-state index in [1.807, 2.05) is 54.6 Å². The molecular weight excluding hydrogens is 229 g/mol. The molecule has 0 heterocycles. The molecule has 0 spiro atoms. The summed E-state index contributed by atoms with van der Waals surface area (Å²) < 4.78 is 0. The van der Waals surface area contributed by atoms with Crippen molar-refractivity contribution < 1.29 is 0 Å². The molecule has 3 heteroatoms. The first-order valence-electron chi connectivity index (χ1n) is 4.42. The lowest BCUT2D eigenvalue weighted by molar-refractivity contribution is 1.55. The quantitative estimate of drug-likeness (QED) is 0.814. The predicted octanol–water partition coefficient (Wildman–Crippen LogP) is 4.51. The van der Waals surface area contributed by atoms with Crippen LogP contribution in [0.5, 0.6) is 0 Å². The molecule has 0 unspecified atom stereocenters. The lowest BCUT2D eigenvalue weighted by Crippen LogP contribution is -1.88. The van der Waals surface area contributed by atoms with Gasteiger partial charge in [0.15, 0.2) is 0 Å². The summed E-state index contributed by atoms with van der Waals surface area (Å²) in [6.45, 7) is 0. The van der Waals surface area contributed by atoms with E-state index in [1.165, 1.54) is 0 Å². The Labute approximate surface area is 100 Å². The summed E-state index contributed by atoms with van der Waals surface area (Å²) in [6, 6.07) is 17.7. The molecule has 0 fully saturated rings. The number of hydrogen-bond acceptors (Lipinski definition) is 1. The van der Waals surface area contributed by atoms with Gasteiger partial charge in [0.2, 0.25) is 0 Å². The number of rotatable bonds is 2. The van der Waals surface area contributed by atoms with Crippen LogP contribution in [0.1, 0.15) is 0 Å². The Morgan fingerprint density at radius 1 is 0.733 bits per heavy atom. The largest absolute Gasteiger partial charge is 0.356 e. The molecule has 78 valence electrons. The number of para-hydroxylation sites is 1. The van der Waals surface area contributed by atoms with Gasteiger partial charge in [-0.2, -0.15) is 0 Å². The van der Waals surface area contributed by atoms with Crippen LogP contribution < -0.4 is 5.32 Å². The lowest BCUT2D eigenvalue weighted by atomic mass is 10.3. The maximum absolute atomic E-state index is 5.79. The molecule has 0 aliphatic carbocycles. The number of benzene rings is 2. The Hall–Kier alpha value is -1.18. The summed E-state index contributed by atoms with van der Waals surface area (Å²) in [5.41, 5.74) is 2.12. The zero-order valence-corrected chi connectivity index (χ0v) is 9.55. The van der Waals surface area contributed by atoms with Crippen LogP contribution in [0.15, 0.2) is 54.6 Å². The second-order valence-corrected chi connectivity index (χ2v) is 3.43. The number of nitrogens with one attached hydrogen (secondary N) is 1. The van der Waals surface area contributed by atoms with Gasteiger partial charge in [-0.05, 0) is 36.4 Å². The van der Waals surface area contributed by atoms with Gasteiger partial charge in [0.1, 0.15) is 0 Å². The standard InChI is InChI=1S/C12H10ClN.ClH/c13-10-6-8-12(9-7-10)14-11-4-2-1-3-5-11;/h1-9,14H;1H. The van der Waals surface area contributed by atoms with Gasteiger partial charge in [-0.25, -0.2) is 0 Å². The molecule has 0 aliphatic heterocycles. The van der Waals surface area contributed by atoms with Crippen LogP contribution in [-0.2, 0) is 0 Å². The zero-order valence-electron chi connectivity index (χ0n) is 7.98. The van der Waals surface area contributed by atoms with Crippen molar-refractivity contribution in [3.8, 4) is 0 Å². The first-order chi connectivity index (χ1) is 6.84. The first kappa shape index (κ1) is 11.9. The van der Waals surface area contributed by atoms with Gasteiger partial charge in [0.25, 0.3) is 0 Å². The smallest absolute Gasteiger partial charge is 0.0407 e. The van der Waals surface area contributed by atoms with Crippen molar-refractivity contribution in [2.75, 3.05) is 5.32 Å². The molecule has 0 saturated carbocycles. The molecule has 0 radical (unpaired) electrons. The zero-order chi connectivity index (χ0) is 9.80. The molecule has 15 heavy (non-hydrogen) atoms. The third-order valence-corrected chi connectivity index (χ3v) is 2.16. The fraction of sp³-hybridized carbons (Fsp3) is 0. The maximum atomic E-state index is 5.79. The number of anilines is 2. The third-order valence-electron chi connectivity index (χ3n) is 1.91. The van der Waals surface area contributed by atoms with Crippen molar-refractivity contribution in [3.63, 3.8) is 0 Å². The average Bonchev–Trinajstić information content (AvgIpc) is 2.23. The van der Waals surface area contributed by atoms with Gasteiger partial charge in [-0.15, -0.1) is 12.4 Å². The Morgan fingerprint density at radius 2 is 1.27 bits per heavy atom. The fourth-order valence-corrected chi connectivity index (χ4v) is 1.35. The summed E-state index contributed by atoms with van der Waals surface area (Å²) in [4.78, 5) is 0. The molecule has 0 amide bonds. The van der Waals surface area contributed by atoms with Gasteiger partial charge in [-0.1, -0.05) is 29.8 Å². The Kier molecular flexibility index (Phi) is 4.47. The van der Waals surface area contributed by atoms with Crippen molar-refractivity contribution in [2.45, 2.75) is 0 Å². The van der Waals surface area contributed by atoms with E-state index in [2.05, 4.69) is 5.32 Å². The predicted molar refractivity (Wildman–Crippen MR) is 68.4 cm³/mol. The van der Waals surface area contributed by atoms with Gasteiger partial charge in [0, 0.05) is 16.4 Å². The van der Waals surface area contributed by atoms with E-state index in [0.717, 1.165) is 16.4 Å². The molecule has 2 rings (SSSR count). The van der Waals surface area contributed by atoms with Gasteiger partial charge < -0.3 is 5.32 Å². The highest BCUT2D eigenvalue weighted by molar-refractivity contribution is 6.30. The van der Waals surface area contributed by atoms with E-state index < -0.39 is 0 Å². The molecule has 0 aliphatic rings. The highest BCUT2D eigenvalue weighted by Crippen LogP contribution is 2.18. The van der Waals surface area contributed by atoms with E-state index in [1.54, 1.807) is 0 Å². The third kappa shape index (κ3) is 3.46. The van der Waals surface area contributed by atoms with Crippen LogP contribution in [0.4, 0.5) is 11.4 Å². The lowest BCUT2D eigenvalue weighted by Gasteiger charge is -2.05. The maximum Gasteiger partial charge on any atom is 0.0407 e. The van der Waals surface area contributed by atoms with E-state index in [-0.39, 0.29) is 12.4 Å². The van der Waals surface area contributed by atoms with Crippen LogP contribution in [-0.4, -0.2) is 0 Å². The van der Waals surface area contributed by atoms with Crippen molar-refractivity contribution in [1.82, 2.24) is 0 Å². The fourth-order valence-electron chi connectivity index (χ4n) is 1.22. The summed E-state index contributed by atoms with van der Waals surface area (Å²) in [5.74, 6) is 0. The second-order valence-electron chi connectivity index (χ2n) is 3.00. The van der Waals surface area contributed by atoms with Crippen molar-refractivity contribution in [2.24, 2.45) is 0 Å². The van der Waals surface area contributed by atoms with Crippen LogP contribution in [0, 0.1) is 0 Å². The van der Waals surface area contributed by atoms with Crippen LogP contribution in [0.3, 0.4) is 0 Å². The Bertz CT molecular complexity index is 398. The number of hydrogen-bond donors (Lipinski definition) is 1. The molecule has 0 saturated heterocycles. The minimum Gasteiger partial charge on any atom is -0.356 e. The van der Waals surface area contributed by atoms with Gasteiger partial charge in [-0.3, -0.25) is 0 Å². The first-order valence-corrected chi connectivity index (χ1v) is 4.80. The van der Waals surface area contributed by atoms with Crippen LogP contribution in [0.25, 0.3) is 0 Å². The molecule has 1 N–H and O–H groups in total. The van der Waals surface area contributed by atoms with Gasteiger partial charge in [0.05, 0.1) is 0 Å².